The van der Waals surface area contributed by atoms with Crippen molar-refractivity contribution in [3.05, 3.63) is 172 Å². The fourth-order valence-electron chi connectivity index (χ4n) is 12.6. The van der Waals surface area contributed by atoms with Crippen LogP contribution in [-0.4, -0.2) is 249 Å². The molecule has 0 amide bonds. The summed E-state index contributed by atoms with van der Waals surface area (Å²) >= 11 is 0. The van der Waals surface area contributed by atoms with E-state index >= 15 is 0 Å². The molecule has 0 unspecified atom stereocenters. The lowest BCUT2D eigenvalue weighted by Crippen LogP contribution is -2.44. The lowest BCUT2D eigenvalue weighted by atomic mass is 9.97. The maximum Gasteiger partial charge on any atom is 0.316 e. The zero-order chi connectivity index (χ0) is 92.9. The fourth-order valence-corrected chi connectivity index (χ4v) is 14.1. The summed E-state index contributed by atoms with van der Waals surface area (Å²) in [6.07, 6.45) is 16.6. The third kappa shape index (κ3) is 36.2. The normalized spacial score (nSPS) is 15.0. The molecule has 0 aromatic carbocycles. The standard InChI is InChI=1S/C12H20N4.C12H19N3O.C12H18N2O2S.C11H17N3O.C11H17N3.2C10H17N3.C8H9N3.C8H12N2O/c1-10(2)11-8-14-12(9-13-11)16-6-4-15(3)5-7-16;1-9(2)11-8-12(14-10(3)13-11)15-4-6-16-7-5-15;1-9(2)11-7-12(14-8-13-11)10-3-5-17(15,16)6-4-10;1-9(2)10-7-13-11(8-12-10)14-3-5-15-6-4-14;1-8(2)10-7-11(13-9(3)12-10)14-5-4-6-14;1-7(2)9-6-10(13(4)5)12-8(3)11-9;1-7(2)9-6-8(3)11-10(12-9)13(4)5;1-6(2)8-5-10-7(3-9)4-11-8;1-6(2)7-4-5-9-8(10-7)11-3/h8-10H,4-7H2,1-3H3;8-9H,4-7H2,1-3H3;7-10H,3-6H2,1-2H3;7-9H,3-6H2,1-2H3;7-8H,4-6H2,1-3H3;2*6-7H,1-5H3;4-6H,1-2H3;4-6H,1-3H3. The van der Waals surface area contributed by atoms with Crippen LogP contribution in [0.2, 0.25) is 0 Å². The molecule has 5 aliphatic heterocycles. The predicted octanol–water partition coefficient (Wildman–Crippen LogP) is 15.6. The second-order valence-electron chi connectivity index (χ2n) is 35.1. The minimum atomic E-state index is -2.79. The number of hydrogen-bond donors (Lipinski definition) is 0. The van der Waals surface area contributed by atoms with Crippen LogP contribution in [0.3, 0.4) is 0 Å². The second kappa shape index (κ2) is 52.7. The van der Waals surface area contributed by atoms with Gasteiger partial charge in [-0.3, -0.25) is 15.0 Å². The second-order valence-corrected chi connectivity index (χ2v) is 37.4. The molecule has 5 saturated heterocycles. The Morgan fingerprint density at radius 2 is 0.833 bits per heavy atom. The highest BCUT2D eigenvalue weighted by molar-refractivity contribution is 7.91. The van der Waals surface area contributed by atoms with Gasteiger partial charge in [0.05, 0.1) is 105 Å². The summed E-state index contributed by atoms with van der Waals surface area (Å²) in [7, 11) is 8.83. The Balaban J connectivity index is 0.000000220. The molecule has 0 bridgehead atoms. The number of aromatic nitrogens is 18. The third-order valence-corrected chi connectivity index (χ3v) is 22.6. The number of piperazine rings is 1. The molecule has 5 aliphatic rings. The van der Waals surface area contributed by atoms with E-state index in [2.05, 4.69) is 244 Å². The van der Waals surface area contributed by atoms with Crippen LogP contribution in [0.5, 0.6) is 6.01 Å². The first kappa shape index (κ1) is 104. The van der Waals surface area contributed by atoms with E-state index < -0.39 is 9.84 Å². The van der Waals surface area contributed by atoms with Gasteiger partial charge in [-0.15, -0.1) is 0 Å². The highest BCUT2D eigenvalue weighted by Crippen LogP contribution is 2.30. The highest BCUT2D eigenvalue weighted by Gasteiger charge is 2.27. The van der Waals surface area contributed by atoms with Crippen LogP contribution in [0.1, 0.15) is 289 Å². The molecular formula is C94H146N26O5S. The smallest absolute Gasteiger partial charge is 0.316 e. The number of anilines is 6. The van der Waals surface area contributed by atoms with Gasteiger partial charge < -0.3 is 48.5 Å². The van der Waals surface area contributed by atoms with E-state index in [0.717, 1.165) is 207 Å². The van der Waals surface area contributed by atoms with Crippen LogP contribution >= 0.6 is 0 Å². The number of nitriles is 1. The van der Waals surface area contributed by atoms with Crippen LogP contribution < -0.4 is 34.1 Å². The lowest BCUT2D eigenvalue weighted by Gasteiger charge is -2.33. The Morgan fingerprint density at radius 3 is 1.23 bits per heavy atom. The molecule has 0 aliphatic carbocycles. The van der Waals surface area contributed by atoms with Crippen molar-refractivity contribution in [3.63, 3.8) is 0 Å². The number of nitrogens with zero attached hydrogens (tertiary/aromatic N) is 26. The quantitative estimate of drug-likeness (QED) is 0.0817. The first-order valence-electron chi connectivity index (χ1n) is 44.6. The summed E-state index contributed by atoms with van der Waals surface area (Å²) in [4.78, 5) is 93.0. The predicted molar refractivity (Wildman–Crippen MR) is 507 cm³/mol. The Kier molecular flexibility index (Phi) is 43.7. The molecule has 0 N–H and O–H groups in total. The Morgan fingerprint density at radius 1 is 0.413 bits per heavy atom. The topological polar surface area (TPSA) is 340 Å². The lowest BCUT2D eigenvalue weighted by molar-refractivity contribution is 0.122. The van der Waals surface area contributed by atoms with Crippen molar-refractivity contribution in [2.75, 3.05) is 175 Å². The summed E-state index contributed by atoms with van der Waals surface area (Å²) < 4.78 is 38.3. The van der Waals surface area contributed by atoms with E-state index in [1.807, 2.05) is 135 Å². The first-order chi connectivity index (χ1) is 59.7. The molecule has 32 heteroatoms. The van der Waals surface area contributed by atoms with E-state index in [1.165, 1.54) is 12.6 Å². The maximum atomic E-state index is 11.4. The summed E-state index contributed by atoms with van der Waals surface area (Å²) in [6.45, 7) is 59.4. The molecule has 126 heavy (non-hydrogen) atoms. The zero-order valence-corrected chi connectivity index (χ0v) is 81.7. The maximum absolute atomic E-state index is 11.4. The van der Waals surface area contributed by atoms with Gasteiger partial charge in [0.2, 0.25) is 5.95 Å². The number of aryl methyl sites for hydroxylation is 4. The van der Waals surface area contributed by atoms with Gasteiger partial charge in [0.15, 0.2) is 5.69 Å². The van der Waals surface area contributed by atoms with Crippen molar-refractivity contribution >= 4 is 44.9 Å². The molecule has 0 spiro atoms. The van der Waals surface area contributed by atoms with Crippen molar-refractivity contribution in [2.24, 2.45) is 0 Å². The number of morpholine rings is 2. The van der Waals surface area contributed by atoms with Gasteiger partial charge in [0.1, 0.15) is 68.8 Å². The number of rotatable bonds is 17. The van der Waals surface area contributed by atoms with Crippen LogP contribution in [0.4, 0.5) is 35.0 Å². The molecule has 688 valence electrons. The van der Waals surface area contributed by atoms with Crippen LogP contribution in [0.15, 0.2) is 86.1 Å². The van der Waals surface area contributed by atoms with E-state index in [4.69, 9.17) is 19.5 Å². The Hall–Kier alpha value is -10.4. The molecule has 0 radical (unpaired) electrons. The van der Waals surface area contributed by atoms with Crippen molar-refractivity contribution in [3.8, 4) is 12.1 Å². The molecule has 0 atom stereocenters. The van der Waals surface area contributed by atoms with E-state index in [1.54, 1.807) is 25.8 Å². The molecular weight excluding hydrogens is 1610 g/mol. The summed E-state index contributed by atoms with van der Waals surface area (Å²) in [5.74, 6) is 13.2. The average molecular weight is 1750 g/mol. The fraction of sp³-hybridized carbons (Fsp3) is 0.606. The first-order valence-corrected chi connectivity index (χ1v) is 46.4. The molecule has 0 saturated carbocycles. The van der Waals surface area contributed by atoms with Gasteiger partial charge in [0.25, 0.3) is 0 Å². The third-order valence-electron chi connectivity index (χ3n) is 20.9. The number of sulfone groups is 1. The van der Waals surface area contributed by atoms with Gasteiger partial charge in [-0.1, -0.05) is 125 Å². The van der Waals surface area contributed by atoms with E-state index in [0.29, 0.717) is 89.3 Å². The Bertz CT molecular complexity index is 4690. The number of likely N-dealkylation sites (N-methyl/N-ethyl adjacent to an activating group) is 1. The average Bonchev–Trinajstić information content (AvgIpc) is 0.832. The van der Waals surface area contributed by atoms with Gasteiger partial charge in [-0.2, -0.15) is 5.26 Å². The van der Waals surface area contributed by atoms with Crippen LogP contribution in [0.25, 0.3) is 0 Å². The van der Waals surface area contributed by atoms with Crippen molar-refractivity contribution in [1.29, 1.82) is 5.26 Å². The molecule has 9 aromatic heterocycles. The SMILES string of the molecule is CC(C)c1cc(C2CCS(=O)(=O)CC2)ncn1.CC(C)c1cnc(C#N)cn1.CC(C)c1cnc(N2CCN(C)CC2)cn1.CC(C)c1cnc(N2CCOCC2)cn1.COc1nccc(C(C)C)n1.Cc1cc(C(C)C)nc(N(C)C)n1.Cc1nc(C(C)C)cc(N(C)C)n1.Cc1nc(C(C)C)cc(N2CCC2)n1.Cc1nc(C(C)C)cc(N2CCOCC2)n1. The minimum Gasteiger partial charge on any atom is -0.467 e. The van der Waals surface area contributed by atoms with Crippen LogP contribution in [0, 0.1) is 39.0 Å². The minimum absolute atomic E-state index is 0.277. The number of methoxy groups -OCH3 is 1. The van der Waals surface area contributed by atoms with Crippen molar-refractivity contribution in [1.82, 2.24) is 94.6 Å². The molecule has 14 heterocycles. The summed E-state index contributed by atoms with van der Waals surface area (Å²) in [5, 5.41) is 8.41. The molecule has 31 nitrogen and oxygen atoms in total. The monoisotopic (exact) mass is 1750 g/mol. The van der Waals surface area contributed by atoms with Crippen LogP contribution in [-0.2, 0) is 19.3 Å². The molecule has 9 aromatic rings. The van der Waals surface area contributed by atoms with Gasteiger partial charge in [-0.05, 0) is 125 Å². The Labute approximate surface area is 753 Å². The number of hydrogen-bond acceptors (Lipinski definition) is 31. The zero-order valence-electron chi connectivity index (χ0n) is 80.9. The highest BCUT2D eigenvalue weighted by atomic mass is 32.2. The van der Waals surface area contributed by atoms with E-state index in [-0.39, 0.29) is 5.92 Å². The molecule has 5 fully saturated rings. The summed E-state index contributed by atoms with van der Waals surface area (Å²) in [6, 6.07) is 14.6. The van der Waals surface area contributed by atoms with Gasteiger partial charge in [-0.25, -0.2) is 83.2 Å². The summed E-state index contributed by atoms with van der Waals surface area (Å²) in [5.41, 5.74) is 12.0. The van der Waals surface area contributed by atoms with Crippen molar-refractivity contribution in [2.45, 2.75) is 231 Å². The van der Waals surface area contributed by atoms with Crippen molar-refractivity contribution < 1.29 is 22.6 Å². The van der Waals surface area contributed by atoms with E-state index in [9.17, 15) is 8.42 Å². The number of ether oxygens (including phenoxy) is 3. The largest absolute Gasteiger partial charge is 0.467 e. The van der Waals surface area contributed by atoms with Gasteiger partial charge >= 0.3 is 6.01 Å². The molecule has 14 rings (SSSR count). The van der Waals surface area contributed by atoms with Gasteiger partial charge in [0, 0.05) is 164 Å².